The maximum Gasteiger partial charge on any atom is 0.303 e. The van der Waals surface area contributed by atoms with Crippen LogP contribution in [0.15, 0.2) is 18.3 Å². The molecule has 0 unspecified atom stereocenters. The van der Waals surface area contributed by atoms with Crippen molar-refractivity contribution < 1.29 is 19.1 Å². The maximum atomic E-state index is 13.2. The molecule has 90 valence electrons. The predicted octanol–water partition coefficient (Wildman–Crippen LogP) is 0.767. The number of carboxylic acid groups (broad SMARTS) is 1. The van der Waals surface area contributed by atoms with E-state index in [0.717, 1.165) is 0 Å². The summed E-state index contributed by atoms with van der Waals surface area (Å²) in [7, 11) is 0. The Bertz CT molecular complexity index is 458. The Morgan fingerprint density at radius 3 is 2.82 bits per heavy atom. The quantitative estimate of drug-likeness (QED) is 0.789. The molecule has 1 aromatic heterocycles. The second kappa shape index (κ2) is 4.48. The Kier molecular flexibility index (Phi) is 3.03. The Hall–Kier alpha value is -1.98. The van der Waals surface area contributed by atoms with Gasteiger partial charge in [-0.25, -0.2) is 4.98 Å². The number of halogens is 1. The van der Waals surface area contributed by atoms with Crippen LogP contribution in [0.5, 0.6) is 0 Å². The van der Waals surface area contributed by atoms with E-state index in [1.807, 2.05) is 0 Å². The topological polar surface area (TPSA) is 70.5 Å². The van der Waals surface area contributed by atoms with Gasteiger partial charge in [-0.15, -0.1) is 0 Å². The van der Waals surface area contributed by atoms with Crippen LogP contribution in [0.25, 0.3) is 0 Å². The van der Waals surface area contributed by atoms with E-state index in [9.17, 15) is 14.0 Å². The van der Waals surface area contributed by atoms with Gasteiger partial charge in [-0.2, -0.15) is 4.39 Å². The van der Waals surface area contributed by atoms with Gasteiger partial charge in [-0.3, -0.25) is 9.59 Å². The van der Waals surface area contributed by atoms with E-state index < -0.39 is 17.8 Å². The standard InChI is InChI=1S/C11H11FN2O3/c12-10-8(2-1-3-13-10)11(17)14-5-7(6-14)4-9(15)16/h1-3,7H,4-6H2,(H,15,16). The molecule has 0 atom stereocenters. The van der Waals surface area contributed by atoms with Crippen LogP contribution in [0, 0.1) is 11.9 Å². The highest BCUT2D eigenvalue weighted by Crippen LogP contribution is 2.21. The number of carboxylic acids is 1. The van der Waals surface area contributed by atoms with E-state index in [4.69, 9.17) is 5.11 Å². The molecule has 6 heteroatoms. The predicted molar refractivity (Wildman–Crippen MR) is 55.8 cm³/mol. The zero-order valence-corrected chi connectivity index (χ0v) is 8.97. The Labute approximate surface area is 96.9 Å². The summed E-state index contributed by atoms with van der Waals surface area (Å²) >= 11 is 0. The summed E-state index contributed by atoms with van der Waals surface area (Å²) < 4.78 is 13.2. The average Bonchev–Trinajstić information content (AvgIpc) is 2.22. The molecule has 2 rings (SSSR count). The molecule has 0 aliphatic carbocycles. The Balaban J connectivity index is 1.96. The summed E-state index contributed by atoms with van der Waals surface area (Å²) in [5.74, 6) is -2.14. The lowest BCUT2D eigenvalue weighted by Gasteiger charge is -2.38. The molecule has 0 radical (unpaired) electrons. The van der Waals surface area contributed by atoms with Gasteiger partial charge in [0.05, 0.1) is 12.0 Å². The number of pyridine rings is 1. The number of rotatable bonds is 3. The number of carbonyl (C=O) groups excluding carboxylic acids is 1. The van der Waals surface area contributed by atoms with Gasteiger partial charge in [-0.05, 0) is 12.1 Å². The molecule has 5 nitrogen and oxygen atoms in total. The molecule has 0 aromatic carbocycles. The van der Waals surface area contributed by atoms with Crippen LogP contribution in [0.4, 0.5) is 4.39 Å². The van der Waals surface area contributed by atoms with Crippen molar-refractivity contribution in [2.45, 2.75) is 6.42 Å². The zero-order valence-electron chi connectivity index (χ0n) is 8.97. The van der Waals surface area contributed by atoms with E-state index in [0.29, 0.717) is 13.1 Å². The zero-order chi connectivity index (χ0) is 12.4. The number of hydrogen-bond donors (Lipinski definition) is 1. The summed E-state index contributed by atoms with van der Waals surface area (Å²) in [5.41, 5.74) is -0.0683. The van der Waals surface area contributed by atoms with Crippen molar-refractivity contribution in [1.82, 2.24) is 9.88 Å². The van der Waals surface area contributed by atoms with E-state index >= 15 is 0 Å². The first-order valence-corrected chi connectivity index (χ1v) is 5.19. The molecule has 17 heavy (non-hydrogen) atoms. The average molecular weight is 238 g/mol. The van der Waals surface area contributed by atoms with Crippen LogP contribution in [0.1, 0.15) is 16.8 Å². The lowest BCUT2D eigenvalue weighted by Crippen LogP contribution is -2.50. The first-order valence-electron chi connectivity index (χ1n) is 5.19. The van der Waals surface area contributed by atoms with Gasteiger partial charge < -0.3 is 10.0 Å². The van der Waals surface area contributed by atoms with Gasteiger partial charge in [0.15, 0.2) is 0 Å². The number of likely N-dealkylation sites (tertiary alicyclic amines) is 1. The smallest absolute Gasteiger partial charge is 0.303 e. The molecule has 0 spiro atoms. The van der Waals surface area contributed by atoms with Crippen LogP contribution in [0.3, 0.4) is 0 Å². The third-order valence-electron chi connectivity index (χ3n) is 2.70. The van der Waals surface area contributed by atoms with Crippen molar-refractivity contribution in [3.05, 3.63) is 29.8 Å². The summed E-state index contributed by atoms with van der Waals surface area (Å²) in [6.45, 7) is 0.721. The van der Waals surface area contributed by atoms with Crippen molar-refractivity contribution in [2.75, 3.05) is 13.1 Å². The number of carbonyl (C=O) groups is 2. The van der Waals surface area contributed by atoms with Gasteiger partial charge in [0.2, 0.25) is 5.95 Å². The SMILES string of the molecule is O=C(O)CC1CN(C(=O)c2cccnc2F)C1. The molecule has 1 fully saturated rings. The van der Waals surface area contributed by atoms with Crippen LogP contribution < -0.4 is 0 Å². The molecule has 1 saturated heterocycles. The summed E-state index contributed by atoms with van der Waals surface area (Å²) in [6.07, 6.45) is 1.31. The van der Waals surface area contributed by atoms with Gasteiger partial charge in [-0.1, -0.05) is 0 Å². The molecular formula is C11H11FN2O3. The number of aromatic nitrogens is 1. The molecule has 0 bridgehead atoms. The van der Waals surface area contributed by atoms with E-state index in [1.165, 1.54) is 23.2 Å². The van der Waals surface area contributed by atoms with Crippen molar-refractivity contribution in [3.8, 4) is 0 Å². The molecule has 1 aliphatic rings. The third-order valence-corrected chi connectivity index (χ3v) is 2.70. The molecular weight excluding hydrogens is 227 g/mol. The van der Waals surface area contributed by atoms with Crippen molar-refractivity contribution in [3.63, 3.8) is 0 Å². The first-order chi connectivity index (χ1) is 8.08. The molecule has 1 amide bonds. The van der Waals surface area contributed by atoms with Crippen molar-refractivity contribution >= 4 is 11.9 Å². The largest absolute Gasteiger partial charge is 0.481 e. The molecule has 0 saturated carbocycles. The van der Waals surface area contributed by atoms with Crippen molar-refractivity contribution in [2.24, 2.45) is 5.92 Å². The number of nitrogens with zero attached hydrogens (tertiary/aromatic N) is 2. The van der Waals surface area contributed by atoms with Crippen molar-refractivity contribution in [1.29, 1.82) is 0 Å². The van der Waals surface area contributed by atoms with Crippen LogP contribution in [0.2, 0.25) is 0 Å². The molecule has 2 heterocycles. The number of hydrogen-bond acceptors (Lipinski definition) is 3. The minimum atomic E-state index is -0.880. The second-order valence-corrected chi connectivity index (χ2v) is 4.02. The maximum absolute atomic E-state index is 13.2. The molecule has 1 aliphatic heterocycles. The fourth-order valence-corrected chi connectivity index (χ4v) is 1.83. The van der Waals surface area contributed by atoms with E-state index in [2.05, 4.69) is 4.98 Å². The highest BCUT2D eigenvalue weighted by Gasteiger charge is 2.33. The minimum Gasteiger partial charge on any atom is -0.481 e. The monoisotopic (exact) mass is 238 g/mol. The third kappa shape index (κ3) is 2.41. The number of amides is 1. The first kappa shape index (κ1) is 11.5. The van der Waals surface area contributed by atoms with E-state index in [1.54, 1.807) is 0 Å². The Morgan fingerprint density at radius 2 is 2.24 bits per heavy atom. The van der Waals surface area contributed by atoms with Crippen LogP contribution in [-0.2, 0) is 4.79 Å². The van der Waals surface area contributed by atoms with Crippen LogP contribution in [-0.4, -0.2) is 40.0 Å². The van der Waals surface area contributed by atoms with Gasteiger partial charge >= 0.3 is 5.97 Å². The minimum absolute atomic E-state index is 0.0313. The number of aliphatic carboxylic acids is 1. The highest BCUT2D eigenvalue weighted by molar-refractivity contribution is 5.94. The lowest BCUT2D eigenvalue weighted by molar-refractivity contribution is -0.139. The summed E-state index contributed by atoms with van der Waals surface area (Å²) in [4.78, 5) is 27.0. The summed E-state index contributed by atoms with van der Waals surface area (Å²) in [5, 5.41) is 8.56. The van der Waals surface area contributed by atoms with Gasteiger partial charge in [0, 0.05) is 25.2 Å². The Morgan fingerprint density at radius 1 is 1.53 bits per heavy atom. The van der Waals surface area contributed by atoms with E-state index in [-0.39, 0.29) is 17.9 Å². The highest BCUT2D eigenvalue weighted by atomic mass is 19.1. The molecule has 1 N–H and O–H groups in total. The van der Waals surface area contributed by atoms with Gasteiger partial charge in [0.25, 0.3) is 5.91 Å². The second-order valence-electron chi connectivity index (χ2n) is 4.02. The fourth-order valence-electron chi connectivity index (χ4n) is 1.83. The lowest BCUT2D eigenvalue weighted by atomic mass is 9.95. The molecule has 1 aromatic rings. The fraction of sp³-hybridized carbons (Fsp3) is 0.364. The van der Waals surface area contributed by atoms with Gasteiger partial charge in [0.1, 0.15) is 0 Å². The normalized spacial score (nSPS) is 15.5. The van der Waals surface area contributed by atoms with Crippen LogP contribution >= 0.6 is 0 Å². The summed E-state index contributed by atoms with van der Waals surface area (Å²) in [6, 6.07) is 2.86.